The standard InChI is InChI=1S/C14H24FNO4/c1-13(2,3)19-11(17)10-7-9(15)8-16(10)12(18)20-14(4,5)6/h9-10H,7-8H2,1-6H3/t9-,10+/m1/s1. The molecule has 20 heavy (non-hydrogen) atoms. The highest BCUT2D eigenvalue weighted by molar-refractivity contribution is 5.82. The number of hydrogen-bond donors (Lipinski definition) is 0. The third kappa shape index (κ3) is 4.98. The normalized spacial score (nSPS) is 23.6. The summed E-state index contributed by atoms with van der Waals surface area (Å²) in [5, 5.41) is 0. The summed E-state index contributed by atoms with van der Waals surface area (Å²) in [5.74, 6) is -0.594. The van der Waals surface area contributed by atoms with E-state index in [0.717, 1.165) is 4.90 Å². The van der Waals surface area contributed by atoms with Crippen LogP contribution in [0.1, 0.15) is 48.0 Å². The minimum absolute atomic E-state index is 0.0475. The Morgan fingerprint density at radius 2 is 1.55 bits per heavy atom. The highest BCUT2D eigenvalue weighted by Crippen LogP contribution is 2.25. The predicted octanol–water partition coefficient (Wildman–Crippen LogP) is 2.68. The van der Waals surface area contributed by atoms with Gasteiger partial charge >= 0.3 is 12.1 Å². The van der Waals surface area contributed by atoms with Gasteiger partial charge in [-0.1, -0.05) is 0 Å². The number of hydrogen-bond acceptors (Lipinski definition) is 4. The van der Waals surface area contributed by atoms with E-state index in [1.807, 2.05) is 0 Å². The lowest BCUT2D eigenvalue weighted by Crippen LogP contribution is -2.45. The van der Waals surface area contributed by atoms with Gasteiger partial charge in [0, 0.05) is 6.42 Å². The molecule has 5 nitrogen and oxygen atoms in total. The van der Waals surface area contributed by atoms with E-state index in [2.05, 4.69) is 0 Å². The molecule has 1 saturated heterocycles. The first-order valence-corrected chi connectivity index (χ1v) is 6.75. The molecule has 0 aliphatic carbocycles. The molecule has 0 radical (unpaired) electrons. The smallest absolute Gasteiger partial charge is 0.411 e. The molecule has 0 aromatic carbocycles. The van der Waals surface area contributed by atoms with Crippen LogP contribution in [0.2, 0.25) is 0 Å². The van der Waals surface area contributed by atoms with Gasteiger partial charge in [-0.3, -0.25) is 4.90 Å². The first-order chi connectivity index (χ1) is 8.89. The van der Waals surface area contributed by atoms with E-state index in [0.29, 0.717) is 0 Å². The monoisotopic (exact) mass is 289 g/mol. The molecule has 0 N–H and O–H groups in total. The van der Waals surface area contributed by atoms with E-state index in [4.69, 9.17) is 9.47 Å². The molecule has 0 aromatic heterocycles. The molecule has 1 amide bonds. The van der Waals surface area contributed by atoms with Gasteiger partial charge < -0.3 is 9.47 Å². The highest BCUT2D eigenvalue weighted by atomic mass is 19.1. The van der Waals surface area contributed by atoms with Crippen molar-refractivity contribution >= 4 is 12.1 Å². The fourth-order valence-electron chi connectivity index (χ4n) is 1.90. The third-order valence-electron chi connectivity index (χ3n) is 2.56. The van der Waals surface area contributed by atoms with Crippen molar-refractivity contribution in [2.24, 2.45) is 0 Å². The van der Waals surface area contributed by atoms with Crippen molar-refractivity contribution in [2.45, 2.75) is 71.4 Å². The first-order valence-electron chi connectivity index (χ1n) is 6.75. The summed E-state index contributed by atoms with van der Waals surface area (Å²) in [6.45, 7) is 10.2. The molecule has 0 aromatic rings. The van der Waals surface area contributed by atoms with Crippen LogP contribution in [0.5, 0.6) is 0 Å². The SMILES string of the molecule is CC(C)(C)OC(=O)[C@@H]1C[C@@H](F)CN1C(=O)OC(C)(C)C. The number of rotatable bonds is 1. The average molecular weight is 289 g/mol. The maximum absolute atomic E-state index is 13.6. The fraction of sp³-hybridized carbons (Fsp3) is 0.857. The quantitative estimate of drug-likeness (QED) is 0.696. The Kier molecular flexibility index (Phi) is 4.66. The second-order valence-corrected chi connectivity index (χ2v) is 7.01. The van der Waals surface area contributed by atoms with Crippen molar-refractivity contribution in [3.8, 4) is 0 Å². The number of ether oxygens (including phenoxy) is 2. The second kappa shape index (κ2) is 5.58. The lowest BCUT2D eigenvalue weighted by atomic mass is 10.1. The number of carbonyl (C=O) groups excluding carboxylic acids is 2. The van der Waals surface area contributed by atoms with Crippen LogP contribution in [0, 0.1) is 0 Å². The van der Waals surface area contributed by atoms with Gasteiger partial charge in [-0.2, -0.15) is 0 Å². The van der Waals surface area contributed by atoms with Crippen LogP contribution >= 0.6 is 0 Å². The van der Waals surface area contributed by atoms with E-state index in [1.54, 1.807) is 41.5 Å². The number of likely N-dealkylation sites (tertiary alicyclic amines) is 1. The molecule has 1 heterocycles. The Morgan fingerprint density at radius 1 is 1.05 bits per heavy atom. The predicted molar refractivity (Wildman–Crippen MR) is 72.1 cm³/mol. The molecular weight excluding hydrogens is 265 g/mol. The van der Waals surface area contributed by atoms with Crippen LogP contribution in [0.25, 0.3) is 0 Å². The molecule has 1 rings (SSSR count). The Balaban J connectivity index is 2.78. The maximum atomic E-state index is 13.6. The van der Waals surface area contributed by atoms with Crippen LogP contribution in [-0.4, -0.2) is 46.9 Å². The molecule has 0 unspecified atom stereocenters. The number of amides is 1. The van der Waals surface area contributed by atoms with E-state index >= 15 is 0 Å². The van der Waals surface area contributed by atoms with E-state index < -0.39 is 35.5 Å². The molecule has 0 saturated carbocycles. The van der Waals surface area contributed by atoms with Crippen molar-refractivity contribution < 1.29 is 23.5 Å². The molecule has 1 fully saturated rings. The minimum Gasteiger partial charge on any atom is -0.458 e. The van der Waals surface area contributed by atoms with Crippen molar-refractivity contribution in [1.29, 1.82) is 0 Å². The molecule has 1 aliphatic heterocycles. The minimum atomic E-state index is -1.24. The Labute approximate surface area is 119 Å². The third-order valence-corrected chi connectivity index (χ3v) is 2.56. The first kappa shape index (κ1) is 16.7. The number of esters is 1. The lowest BCUT2D eigenvalue weighted by molar-refractivity contribution is -0.160. The molecule has 0 bridgehead atoms. The Bertz CT molecular complexity index is 348. The van der Waals surface area contributed by atoms with Crippen LogP contribution in [0.3, 0.4) is 0 Å². The van der Waals surface area contributed by atoms with Gasteiger partial charge in [-0.05, 0) is 41.5 Å². The fourth-order valence-corrected chi connectivity index (χ4v) is 1.90. The molecule has 1 aliphatic rings. The van der Waals surface area contributed by atoms with Gasteiger partial charge in [0.05, 0.1) is 6.54 Å². The number of alkyl halides is 1. The highest BCUT2D eigenvalue weighted by Gasteiger charge is 2.43. The van der Waals surface area contributed by atoms with Crippen LogP contribution < -0.4 is 0 Å². The van der Waals surface area contributed by atoms with Crippen LogP contribution in [0.4, 0.5) is 9.18 Å². The second-order valence-electron chi connectivity index (χ2n) is 7.01. The summed E-state index contributed by atoms with van der Waals surface area (Å²) in [4.78, 5) is 25.2. The zero-order chi connectivity index (χ0) is 15.7. The Hall–Kier alpha value is -1.33. The van der Waals surface area contributed by atoms with E-state index in [9.17, 15) is 14.0 Å². The topological polar surface area (TPSA) is 55.8 Å². The van der Waals surface area contributed by atoms with Gasteiger partial charge in [0.25, 0.3) is 0 Å². The van der Waals surface area contributed by atoms with Crippen molar-refractivity contribution in [3.05, 3.63) is 0 Å². The molecule has 116 valence electrons. The number of nitrogens with zero attached hydrogens (tertiary/aromatic N) is 1. The van der Waals surface area contributed by atoms with E-state index in [-0.39, 0.29) is 13.0 Å². The number of halogens is 1. The maximum Gasteiger partial charge on any atom is 0.411 e. The average Bonchev–Trinajstić information content (AvgIpc) is 2.55. The van der Waals surface area contributed by atoms with E-state index in [1.165, 1.54) is 0 Å². The summed E-state index contributed by atoms with van der Waals surface area (Å²) in [6.07, 6.45) is -1.97. The van der Waals surface area contributed by atoms with Crippen LogP contribution in [-0.2, 0) is 14.3 Å². The van der Waals surface area contributed by atoms with Gasteiger partial charge in [-0.25, -0.2) is 14.0 Å². The summed E-state index contributed by atoms with van der Waals surface area (Å²) in [5.41, 5.74) is -1.37. The Morgan fingerprint density at radius 3 is 2.00 bits per heavy atom. The van der Waals surface area contributed by atoms with Crippen molar-refractivity contribution in [1.82, 2.24) is 4.90 Å². The van der Waals surface area contributed by atoms with Crippen molar-refractivity contribution in [2.75, 3.05) is 6.54 Å². The molecule has 0 spiro atoms. The van der Waals surface area contributed by atoms with Gasteiger partial charge in [-0.15, -0.1) is 0 Å². The summed E-state index contributed by atoms with van der Waals surface area (Å²) < 4.78 is 24.0. The number of carbonyl (C=O) groups is 2. The summed E-state index contributed by atoms with van der Waals surface area (Å²) in [7, 11) is 0. The largest absolute Gasteiger partial charge is 0.458 e. The van der Waals surface area contributed by atoms with Gasteiger partial charge in [0.1, 0.15) is 23.4 Å². The molecular formula is C14H24FNO4. The van der Waals surface area contributed by atoms with Crippen molar-refractivity contribution in [3.63, 3.8) is 0 Å². The lowest BCUT2D eigenvalue weighted by Gasteiger charge is -2.29. The van der Waals surface area contributed by atoms with Gasteiger partial charge in [0.2, 0.25) is 0 Å². The molecule has 2 atom stereocenters. The molecule has 6 heteroatoms. The van der Waals surface area contributed by atoms with Gasteiger partial charge in [0.15, 0.2) is 0 Å². The summed E-state index contributed by atoms with van der Waals surface area (Å²) in [6, 6.07) is -0.918. The van der Waals surface area contributed by atoms with Crippen LogP contribution in [0.15, 0.2) is 0 Å². The summed E-state index contributed by atoms with van der Waals surface area (Å²) >= 11 is 0. The zero-order valence-corrected chi connectivity index (χ0v) is 13.0. The zero-order valence-electron chi connectivity index (χ0n) is 13.0.